The van der Waals surface area contributed by atoms with Gasteiger partial charge >= 0.3 is 0 Å². The van der Waals surface area contributed by atoms with E-state index in [-0.39, 0.29) is 24.4 Å². The maximum absolute atomic E-state index is 12.2. The number of amides is 1. The van der Waals surface area contributed by atoms with Crippen LogP contribution in [0.4, 0.5) is 0 Å². The van der Waals surface area contributed by atoms with E-state index in [1.54, 1.807) is 0 Å². The fraction of sp³-hybridized carbons (Fsp3) is 0.923. The van der Waals surface area contributed by atoms with Gasteiger partial charge < -0.3 is 10.6 Å². The van der Waals surface area contributed by atoms with Crippen molar-refractivity contribution in [2.75, 3.05) is 26.2 Å². The number of halogens is 1. The number of carbonyl (C=O) groups is 1. The Balaban J connectivity index is 0.00000289. The van der Waals surface area contributed by atoms with Crippen LogP contribution in [-0.4, -0.2) is 54.0 Å². The molecule has 0 bridgehead atoms. The van der Waals surface area contributed by atoms with Gasteiger partial charge in [-0.2, -0.15) is 0 Å². The van der Waals surface area contributed by atoms with Gasteiger partial charge in [0.1, 0.15) is 0 Å². The summed E-state index contributed by atoms with van der Waals surface area (Å²) < 4.78 is 0. The van der Waals surface area contributed by atoms with E-state index in [4.69, 9.17) is 5.73 Å². The third-order valence-corrected chi connectivity index (χ3v) is 3.98. The Labute approximate surface area is 117 Å². The van der Waals surface area contributed by atoms with Crippen molar-refractivity contribution in [2.45, 2.75) is 46.2 Å². The second-order valence-electron chi connectivity index (χ2n) is 5.11. The first-order valence-electron chi connectivity index (χ1n) is 6.79. The number of nitrogens with zero attached hydrogens (tertiary/aromatic N) is 2. The molecule has 1 rings (SSSR count). The molecule has 0 aliphatic carbocycles. The summed E-state index contributed by atoms with van der Waals surface area (Å²) >= 11 is 0. The largest absolute Gasteiger partial charge is 0.342 e. The Bertz CT molecular complexity index is 259. The summed E-state index contributed by atoms with van der Waals surface area (Å²) in [5, 5.41) is 0. The van der Waals surface area contributed by atoms with E-state index in [0.29, 0.717) is 12.0 Å². The molecule has 0 aromatic carbocycles. The molecule has 18 heavy (non-hydrogen) atoms. The molecular weight excluding hydrogens is 250 g/mol. The van der Waals surface area contributed by atoms with Gasteiger partial charge in [-0.05, 0) is 33.1 Å². The molecule has 0 spiro atoms. The zero-order valence-corrected chi connectivity index (χ0v) is 12.9. The van der Waals surface area contributed by atoms with E-state index < -0.39 is 0 Å². The molecule has 3 unspecified atom stereocenters. The lowest BCUT2D eigenvalue weighted by Gasteiger charge is -2.39. The van der Waals surface area contributed by atoms with Crippen molar-refractivity contribution in [3.63, 3.8) is 0 Å². The Hall–Kier alpha value is -0.320. The SMILES string of the molecule is CCN(CC)C(=O)C(C)N1CCC(N)C(C)C1.Cl. The van der Waals surface area contributed by atoms with Crippen LogP contribution >= 0.6 is 12.4 Å². The smallest absolute Gasteiger partial charge is 0.239 e. The van der Waals surface area contributed by atoms with Crippen molar-refractivity contribution in [3.8, 4) is 0 Å². The van der Waals surface area contributed by atoms with Crippen molar-refractivity contribution >= 4 is 18.3 Å². The number of piperidine rings is 1. The van der Waals surface area contributed by atoms with Gasteiger partial charge in [-0.3, -0.25) is 9.69 Å². The van der Waals surface area contributed by atoms with Crippen molar-refractivity contribution in [1.82, 2.24) is 9.80 Å². The minimum Gasteiger partial charge on any atom is -0.342 e. The number of likely N-dealkylation sites (N-methyl/N-ethyl adjacent to an activating group) is 1. The molecule has 2 N–H and O–H groups in total. The quantitative estimate of drug-likeness (QED) is 0.844. The van der Waals surface area contributed by atoms with Gasteiger partial charge in [0.25, 0.3) is 0 Å². The molecule has 4 nitrogen and oxygen atoms in total. The average Bonchev–Trinajstić information content (AvgIpc) is 2.33. The Morgan fingerprint density at radius 2 is 2.00 bits per heavy atom. The van der Waals surface area contributed by atoms with Gasteiger partial charge in [0.2, 0.25) is 5.91 Å². The van der Waals surface area contributed by atoms with Crippen molar-refractivity contribution in [3.05, 3.63) is 0 Å². The standard InChI is InChI=1S/C13H27N3O.ClH/c1-5-15(6-2)13(17)11(4)16-8-7-12(14)10(3)9-16;/h10-12H,5-9,14H2,1-4H3;1H. The zero-order chi connectivity index (χ0) is 13.0. The first kappa shape index (κ1) is 17.7. The molecule has 1 heterocycles. The first-order valence-corrected chi connectivity index (χ1v) is 6.79. The molecule has 108 valence electrons. The normalized spacial score (nSPS) is 26.3. The van der Waals surface area contributed by atoms with E-state index >= 15 is 0 Å². The third kappa shape index (κ3) is 4.11. The lowest BCUT2D eigenvalue weighted by atomic mass is 9.93. The van der Waals surface area contributed by atoms with Gasteiger partial charge in [-0.25, -0.2) is 0 Å². The summed E-state index contributed by atoms with van der Waals surface area (Å²) in [6, 6.07) is 0.284. The van der Waals surface area contributed by atoms with Gasteiger partial charge in [0.05, 0.1) is 6.04 Å². The van der Waals surface area contributed by atoms with Crippen LogP contribution in [0.2, 0.25) is 0 Å². The molecule has 1 aliphatic heterocycles. The summed E-state index contributed by atoms with van der Waals surface area (Å²) in [6.07, 6.45) is 0.997. The number of hydrogen-bond acceptors (Lipinski definition) is 3. The summed E-state index contributed by atoms with van der Waals surface area (Å²) in [7, 11) is 0. The van der Waals surface area contributed by atoms with Crippen LogP contribution in [0.5, 0.6) is 0 Å². The maximum Gasteiger partial charge on any atom is 0.239 e. The lowest BCUT2D eigenvalue weighted by molar-refractivity contribution is -0.136. The Kier molecular flexibility index (Phi) is 7.83. The van der Waals surface area contributed by atoms with Crippen LogP contribution in [-0.2, 0) is 4.79 Å². The molecule has 1 aliphatic rings. The number of hydrogen-bond donors (Lipinski definition) is 1. The number of carbonyl (C=O) groups excluding carboxylic acids is 1. The van der Waals surface area contributed by atoms with Crippen LogP contribution in [0.3, 0.4) is 0 Å². The summed E-state index contributed by atoms with van der Waals surface area (Å²) in [5.41, 5.74) is 6.01. The van der Waals surface area contributed by atoms with E-state index in [9.17, 15) is 4.79 Å². The number of likely N-dealkylation sites (tertiary alicyclic amines) is 1. The topological polar surface area (TPSA) is 49.6 Å². The fourth-order valence-corrected chi connectivity index (χ4v) is 2.50. The van der Waals surface area contributed by atoms with Crippen LogP contribution in [0.1, 0.15) is 34.1 Å². The van der Waals surface area contributed by atoms with Gasteiger partial charge in [0, 0.05) is 32.2 Å². The maximum atomic E-state index is 12.2. The summed E-state index contributed by atoms with van der Waals surface area (Å²) in [6.45, 7) is 11.7. The summed E-state index contributed by atoms with van der Waals surface area (Å²) in [5.74, 6) is 0.730. The zero-order valence-electron chi connectivity index (χ0n) is 12.1. The van der Waals surface area contributed by atoms with E-state index in [1.165, 1.54) is 0 Å². The fourth-order valence-electron chi connectivity index (χ4n) is 2.50. The van der Waals surface area contributed by atoms with Crippen molar-refractivity contribution < 1.29 is 4.79 Å². The molecule has 5 heteroatoms. The average molecular weight is 278 g/mol. The summed E-state index contributed by atoms with van der Waals surface area (Å²) in [4.78, 5) is 16.4. The van der Waals surface area contributed by atoms with Crippen LogP contribution in [0, 0.1) is 5.92 Å². The highest BCUT2D eigenvalue weighted by Gasteiger charge is 2.30. The molecule has 1 amide bonds. The molecule has 3 atom stereocenters. The van der Waals surface area contributed by atoms with E-state index in [0.717, 1.165) is 32.6 Å². The lowest BCUT2D eigenvalue weighted by Crippen LogP contribution is -2.54. The van der Waals surface area contributed by atoms with E-state index in [2.05, 4.69) is 11.8 Å². The molecule has 1 fully saturated rings. The minimum atomic E-state index is -0.00940. The third-order valence-electron chi connectivity index (χ3n) is 3.98. The first-order chi connectivity index (χ1) is 8.01. The predicted octanol–water partition coefficient (Wildman–Crippen LogP) is 1.33. The van der Waals surface area contributed by atoms with Crippen LogP contribution in [0.25, 0.3) is 0 Å². The molecule has 0 radical (unpaired) electrons. The van der Waals surface area contributed by atoms with Crippen molar-refractivity contribution in [1.29, 1.82) is 0 Å². The molecule has 0 aromatic rings. The van der Waals surface area contributed by atoms with Gasteiger partial charge in [0.15, 0.2) is 0 Å². The molecule has 1 saturated heterocycles. The Morgan fingerprint density at radius 1 is 1.44 bits per heavy atom. The van der Waals surface area contributed by atoms with Crippen LogP contribution < -0.4 is 5.73 Å². The van der Waals surface area contributed by atoms with Crippen LogP contribution in [0.15, 0.2) is 0 Å². The monoisotopic (exact) mass is 277 g/mol. The highest BCUT2D eigenvalue weighted by Crippen LogP contribution is 2.18. The molecular formula is C13H28ClN3O. The predicted molar refractivity (Wildman–Crippen MR) is 78.0 cm³/mol. The van der Waals surface area contributed by atoms with Gasteiger partial charge in [-0.1, -0.05) is 6.92 Å². The highest BCUT2D eigenvalue weighted by atomic mass is 35.5. The van der Waals surface area contributed by atoms with Crippen molar-refractivity contribution in [2.24, 2.45) is 11.7 Å². The Morgan fingerprint density at radius 3 is 2.44 bits per heavy atom. The minimum absolute atomic E-state index is 0. The molecule has 0 saturated carbocycles. The molecule has 0 aromatic heterocycles. The number of nitrogens with two attached hydrogens (primary N) is 1. The second-order valence-corrected chi connectivity index (χ2v) is 5.11. The number of rotatable bonds is 4. The van der Waals surface area contributed by atoms with E-state index in [1.807, 2.05) is 25.7 Å². The second kappa shape index (κ2) is 7.97. The highest BCUT2D eigenvalue weighted by molar-refractivity contribution is 5.85. The van der Waals surface area contributed by atoms with Gasteiger partial charge in [-0.15, -0.1) is 12.4 Å².